The number of methoxy groups -OCH3 is 1. The molecule has 0 aromatic rings. The Labute approximate surface area is 258 Å². The number of rotatable bonds is 36. The van der Waals surface area contributed by atoms with E-state index in [1.54, 1.807) is 0 Å². The molecule has 260 valence electrons. The molecule has 0 saturated heterocycles. The number of hydrogen-bond donors (Lipinski definition) is 2. The van der Waals surface area contributed by atoms with Gasteiger partial charge in [-0.05, 0) is 0 Å². The summed E-state index contributed by atoms with van der Waals surface area (Å²) in [6, 6.07) is 0. The minimum atomic E-state index is -1.13. The lowest BCUT2D eigenvalue weighted by Crippen LogP contribution is -2.31. The van der Waals surface area contributed by atoms with Gasteiger partial charge in [-0.15, -0.1) is 0 Å². The highest BCUT2D eigenvalue weighted by Gasteiger charge is 2.03. The Morgan fingerprint density at radius 3 is 1.07 bits per heavy atom. The van der Waals surface area contributed by atoms with Crippen molar-refractivity contribution >= 4 is 17.8 Å². The van der Waals surface area contributed by atoms with Crippen LogP contribution in [0.5, 0.6) is 0 Å². The van der Waals surface area contributed by atoms with Crippen molar-refractivity contribution in [3.05, 3.63) is 0 Å². The van der Waals surface area contributed by atoms with Crippen LogP contribution < -0.4 is 5.32 Å². The van der Waals surface area contributed by atoms with Crippen molar-refractivity contribution in [3.63, 3.8) is 0 Å². The summed E-state index contributed by atoms with van der Waals surface area (Å²) in [5.41, 5.74) is 0. The van der Waals surface area contributed by atoms with E-state index < -0.39 is 24.5 Å². The number of carbonyl (C=O) groups is 3. The van der Waals surface area contributed by atoms with E-state index in [9.17, 15) is 14.4 Å². The Hall–Kier alpha value is -2.03. The third-order valence-corrected chi connectivity index (χ3v) is 4.82. The van der Waals surface area contributed by atoms with Crippen molar-refractivity contribution in [1.29, 1.82) is 0 Å². The Morgan fingerprint density at radius 1 is 0.432 bits per heavy atom. The number of carbonyl (C=O) groups excluding carboxylic acids is 2. The van der Waals surface area contributed by atoms with Gasteiger partial charge in [0.2, 0.25) is 5.91 Å². The number of hydrogen-bond acceptors (Lipinski definition) is 15. The van der Waals surface area contributed by atoms with E-state index in [2.05, 4.69) is 14.8 Å². The number of carboxylic acid groups (broad SMARTS) is 1. The average Bonchev–Trinajstić information content (AvgIpc) is 3.01. The first-order valence-electron chi connectivity index (χ1n) is 14.5. The number of esters is 1. The lowest BCUT2D eigenvalue weighted by Gasteiger charge is -2.09. The first-order chi connectivity index (χ1) is 21.6. The summed E-state index contributed by atoms with van der Waals surface area (Å²) < 4.78 is 62.7. The van der Waals surface area contributed by atoms with Crippen molar-refractivity contribution in [2.45, 2.75) is 0 Å². The SMILES string of the molecule is COC(=O)COCCOCCOCCOCCOCCOCCOCCOCCOCCOCCNC(=O)COCC(=O)O. The van der Waals surface area contributed by atoms with Gasteiger partial charge in [-0.25, -0.2) is 9.59 Å². The number of aliphatic carboxylic acids is 1. The van der Waals surface area contributed by atoms with Crippen LogP contribution in [0, 0.1) is 0 Å². The van der Waals surface area contributed by atoms with Gasteiger partial charge in [-0.1, -0.05) is 0 Å². The quantitative estimate of drug-likeness (QED) is 0.0592. The first-order valence-corrected chi connectivity index (χ1v) is 14.5. The fourth-order valence-corrected chi connectivity index (χ4v) is 2.74. The molecule has 0 rings (SSSR count). The van der Waals surface area contributed by atoms with Gasteiger partial charge in [0.25, 0.3) is 0 Å². The molecule has 0 heterocycles. The molecule has 1 amide bonds. The maximum absolute atomic E-state index is 11.3. The zero-order valence-corrected chi connectivity index (χ0v) is 25.8. The largest absolute Gasteiger partial charge is 0.480 e. The van der Waals surface area contributed by atoms with Crippen molar-refractivity contribution < 1.29 is 76.3 Å². The second-order valence-corrected chi connectivity index (χ2v) is 8.38. The van der Waals surface area contributed by atoms with Crippen molar-refractivity contribution in [3.8, 4) is 0 Å². The lowest BCUT2D eigenvalue weighted by molar-refractivity contribution is -0.146. The van der Waals surface area contributed by atoms with Crippen LogP contribution in [0.4, 0.5) is 0 Å². The molecule has 2 N–H and O–H groups in total. The monoisotopic (exact) mass is 645 g/mol. The predicted octanol–water partition coefficient (Wildman–Crippen LogP) is -1.46. The number of ether oxygens (including phenoxy) is 12. The molecule has 0 unspecified atom stereocenters. The molecule has 0 atom stereocenters. The standard InChI is InChI=1S/C27H51NO16/c1-33-27(32)24-43-21-20-42-19-18-41-17-16-40-15-14-39-13-12-38-11-10-37-9-8-36-7-6-35-5-4-34-3-2-28-25(29)22-44-23-26(30)31/h2-24H2,1H3,(H,28,29)(H,30,31). The second-order valence-electron chi connectivity index (χ2n) is 8.38. The van der Waals surface area contributed by atoms with E-state index in [0.29, 0.717) is 132 Å². The average molecular weight is 646 g/mol. The highest BCUT2D eigenvalue weighted by atomic mass is 16.6. The number of nitrogens with one attached hydrogen (secondary N) is 1. The molecule has 17 nitrogen and oxygen atoms in total. The minimum Gasteiger partial charge on any atom is -0.480 e. The van der Waals surface area contributed by atoms with Gasteiger partial charge in [0, 0.05) is 6.54 Å². The summed E-state index contributed by atoms with van der Waals surface area (Å²) in [5, 5.41) is 11.0. The minimum absolute atomic E-state index is 0.0798. The Morgan fingerprint density at radius 2 is 0.750 bits per heavy atom. The molecule has 17 heteroatoms. The molecular weight excluding hydrogens is 594 g/mol. The molecule has 0 spiro atoms. The fourth-order valence-electron chi connectivity index (χ4n) is 2.74. The predicted molar refractivity (Wildman–Crippen MR) is 152 cm³/mol. The lowest BCUT2D eigenvalue weighted by atomic mass is 10.6. The molecule has 0 aromatic heterocycles. The number of amides is 1. The zero-order valence-electron chi connectivity index (χ0n) is 25.8. The molecular formula is C27H51NO16. The van der Waals surface area contributed by atoms with Crippen molar-refractivity contribution in [2.75, 3.05) is 159 Å². The summed E-state index contributed by atoms with van der Waals surface area (Å²) >= 11 is 0. The van der Waals surface area contributed by atoms with E-state index in [1.807, 2.05) is 0 Å². The van der Waals surface area contributed by atoms with Crippen LogP contribution in [0.25, 0.3) is 0 Å². The smallest absolute Gasteiger partial charge is 0.331 e. The van der Waals surface area contributed by atoms with Gasteiger partial charge >= 0.3 is 11.9 Å². The highest BCUT2D eigenvalue weighted by molar-refractivity contribution is 5.77. The number of carboxylic acids is 1. The summed E-state index contributed by atoms with van der Waals surface area (Å²) in [6.07, 6.45) is 0. The van der Waals surface area contributed by atoms with Crippen LogP contribution in [0.15, 0.2) is 0 Å². The van der Waals surface area contributed by atoms with Gasteiger partial charge in [0.1, 0.15) is 19.8 Å². The van der Waals surface area contributed by atoms with Gasteiger partial charge in [-0.2, -0.15) is 0 Å². The maximum atomic E-state index is 11.3. The van der Waals surface area contributed by atoms with E-state index in [4.69, 9.17) is 52.5 Å². The fraction of sp³-hybridized carbons (Fsp3) is 0.889. The molecule has 0 aliphatic carbocycles. The molecule has 0 bridgehead atoms. The van der Waals surface area contributed by atoms with Crippen LogP contribution in [0.1, 0.15) is 0 Å². The van der Waals surface area contributed by atoms with Crippen molar-refractivity contribution in [1.82, 2.24) is 5.32 Å². The second kappa shape index (κ2) is 35.4. The van der Waals surface area contributed by atoms with E-state index in [0.717, 1.165) is 0 Å². The molecule has 0 aliphatic heterocycles. The van der Waals surface area contributed by atoms with E-state index in [-0.39, 0.29) is 13.2 Å². The molecule has 0 aliphatic rings. The Balaban J connectivity index is 3.10. The van der Waals surface area contributed by atoms with Gasteiger partial charge < -0.3 is 67.3 Å². The third kappa shape index (κ3) is 36.2. The van der Waals surface area contributed by atoms with Crippen LogP contribution in [-0.4, -0.2) is 182 Å². The Bertz CT molecular complexity index is 657. The summed E-state index contributed by atoms with van der Waals surface area (Å²) in [7, 11) is 1.31. The molecule has 0 aromatic carbocycles. The molecule has 44 heavy (non-hydrogen) atoms. The highest BCUT2D eigenvalue weighted by Crippen LogP contribution is 1.87. The van der Waals surface area contributed by atoms with Gasteiger partial charge in [0.15, 0.2) is 0 Å². The van der Waals surface area contributed by atoms with Crippen LogP contribution >= 0.6 is 0 Å². The van der Waals surface area contributed by atoms with Crippen LogP contribution in [-0.2, 0) is 71.2 Å². The first kappa shape index (κ1) is 42.0. The summed E-state index contributed by atoms with van der Waals surface area (Å²) in [6.45, 7) is 7.57. The summed E-state index contributed by atoms with van der Waals surface area (Å²) in [4.78, 5) is 32.5. The third-order valence-electron chi connectivity index (χ3n) is 4.82. The normalized spacial score (nSPS) is 11.1. The molecule has 0 fully saturated rings. The topological polar surface area (TPSA) is 194 Å². The van der Waals surface area contributed by atoms with Gasteiger partial charge in [0.05, 0.1) is 133 Å². The van der Waals surface area contributed by atoms with E-state index >= 15 is 0 Å². The molecule has 0 radical (unpaired) electrons. The van der Waals surface area contributed by atoms with E-state index in [1.165, 1.54) is 7.11 Å². The van der Waals surface area contributed by atoms with Crippen LogP contribution in [0.3, 0.4) is 0 Å². The van der Waals surface area contributed by atoms with Crippen molar-refractivity contribution in [2.24, 2.45) is 0 Å². The van der Waals surface area contributed by atoms with Crippen LogP contribution in [0.2, 0.25) is 0 Å². The zero-order chi connectivity index (χ0) is 32.2. The molecule has 0 saturated carbocycles. The maximum Gasteiger partial charge on any atom is 0.331 e. The summed E-state index contributed by atoms with van der Waals surface area (Å²) in [5.74, 6) is -1.94. The Kier molecular flexibility index (Phi) is 33.8. The van der Waals surface area contributed by atoms with Gasteiger partial charge in [-0.3, -0.25) is 4.79 Å².